The van der Waals surface area contributed by atoms with Crippen molar-refractivity contribution in [3.05, 3.63) is 24.3 Å². The van der Waals surface area contributed by atoms with Crippen LogP contribution >= 0.6 is 0 Å². The second kappa shape index (κ2) is 5.33. The summed E-state index contributed by atoms with van der Waals surface area (Å²) in [5.41, 5.74) is 0.396. The summed E-state index contributed by atoms with van der Waals surface area (Å²) in [7, 11) is -0.383. The zero-order valence-electron chi connectivity index (χ0n) is 14.3. The Morgan fingerprint density at radius 2 is 1.52 bits per heavy atom. The van der Waals surface area contributed by atoms with Crippen LogP contribution in [0, 0.1) is 5.41 Å². The SMILES string of the molecule is CC(C)(C)COc1ccccc1B1OC(C)(C)C(C)(C)O1. The lowest BCUT2D eigenvalue weighted by molar-refractivity contribution is 0.00578. The molecule has 116 valence electrons. The lowest BCUT2D eigenvalue weighted by Gasteiger charge is -2.32. The van der Waals surface area contributed by atoms with E-state index in [1.807, 2.05) is 24.3 Å². The highest BCUT2D eigenvalue weighted by Gasteiger charge is 2.52. The third-order valence-electron chi connectivity index (χ3n) is 4.09. The summed E-state index contributed by atoms with van der Waals surface area (Å²) in [6.07, 6.45) is 0. The van der Waals surface area contributed by atoms with Crippen LogP contribution < -0.4 is 10.2 Å². The average molecular weight is 290 g/mol. The van der Waals surface area contributed by atoms with Gasteiger partial charge in [-0.3, -0.25) is 0 Å². The molecule has 1 heterocycles. The quantitative estimate of drug-likeness (QED) is 0.798. The Hall–Kier alpha value is -0.995. The van der Waals surface area contributed by atoms with Crippen molar-refractivity contribution in [1.82, 2.24) is 0 Å². The van der Waals surface area contributed by atoms with Crippen molar-refractivity contribution >= 4 is 12.6 Å². The first-order valence-electron chi connectivity index (χ1n) is 7.59. The molecule has 0 amide bonds. The maximum atomic E-state index is 6.12. The first-order chi connectivity index (χ1) is 9.52. The Bertz CT molecular complexity index is 487. The molecule has 1 saturated heterocycles. The number of hydrogen-bond donors (Lipinski definition) is 0. The standard InChI is InChI=1S/C17H27BO3/c1-15(2,3)12-19-14-11-9-8-10-13(14)18-20-16(4,5)17(6,7)21-18/h8-11H,12H2,1-7H3. The Labute approximate surface area is 129 Å². The molecule has 0 saturated carbocycles. The second-order valence-electron chi connectivity index (χ2n) is 7.98. The van der Waals surface area contributed by atoms with Gasteiger partial charge < -0.3 is 14.0 Å². The summed E-state index contributed by atoms with van der Waals surface area (Å²) < 4.78 is 18.2. The molecule has 0 bridgehead atoms. The van der Waals surface area contributed by atoms with Gasteiger partial charge in [0.2, 0.25) is 0 Å². The highest BCUT2D eigenvalue weighted by atomic mass is 16.7. The fraction of sp³-hybridized carbons (Fsp3) is 0.647. The van der Waals surface area contributed by atoms with E-state index in [-0.39, 0.29) is 23.7 Å². The lowest BCUT2D eigenvalue weighted by atomic mass is 9.78. The molecule has 0 unspecified atom stereocenters. The molecule has 0 aliphatic carbocycles. The molecule has 1 aliphatic rings. The van der Waals surface area contributed by atoms with Gasteiger partial charge in [0, 0.05) is 5.46 Å². The van der Waals surface area contributed by atoms with Gasteiger partial charge in [0.1, 0.15) is 5.75 Å². The van der Waals surface area contributed by atoms with Crippen LogP contribution in [-0.2, 0) is 9.31 Å². The molecule has 1 aromatic rings. The number of ether oxygens (including phenoxy) is 1. The minimum absolute atomic E-state index is 0.114. The minimum atomic E-state index is -0.383. The maximum Gasteiger partial charge on any atom is 0.498 e. The van der Waals surface area contributed by atoms with Crippen LogP contribution in [0.25, 0.3) is 0 Å². The highest BCUT2D eigenvalue weighted by Crippen LogP contribution is 2.37. The summed E-state index contributed by atoms with van der Waals surface area (Å²) >= 11 is 0. The van der Waals surface area contributed by atoms with Crippen LogP contribution in [0.2, 0.25) is 0 Å². The highest BCUT2D eigenvalue weighted by molar-refractivity contribution is 6.63. The van der Waals surface area contributed by atoms with Crippen molar-refractivity contribution in [2.45, 2.75) is 59.7 Å². The molecule has 4 heteroatoms. The van der Waals surface area contributed by atoms with Gasteiger partial charge in [-0.05, 0) is 39.2 Å². The molecule has 0 atom stereocenters. The van der Waals surface area contributed by atoms with Crippen molar-refractivity contribution in [2.75, 3.05) is 6.61 Å². The van der Waals surface area contributed by atoms with Gasteiger partial charge in [-0.2, -0.15) is 0 Å². The van der Waals surface area contributed by atoms with E-state index in [0.717, 1.165) is 11.2 Å². The Morgan fingerprint density at radius 3 is 2.05 bits per heavy atom. The zero-order valence-corrected chi connectivity index (χ0v) is 14.3. The number of hydrogen-bond acceptors (Lipinski definition) is 3. The average Bonchev–Trinajstić information content (AvgIpc) is 2.55. The van der Waals surface area contributed by atoms with Gasteiger partial charge in [-0.25, -0.2) is 0 Å². The van der Waals surface area contributed by atoms with Crippen LogP contribution in [0.3, 0.4) is 0 Å². The molecule has 1 aliphatic heterocycles. The maximum absolute atomic E-state index is 6.12. The van der Waals surface area contributed by atoms with Gasteiger partial charge in [-0.15, -0.1) is 0 Å². The Balaban J connectivity index is 2.22. The normalized spacial score (nSPS) is 20.6. The first-order valence-corrected chi connectivity index (χ1v) is 7.59. The first kappa shape index (κ1) is 16.4. The molecular formula is C17H27BO3. The fourth-order valence-electron chi connectivity index (χ4n) is 2.07. The van der Waals surface area contributed by atoms with E-state index >= 15 is 0 Å². The zero-order chi connectivity index (χ0) is 15.9. The summed E-state index contributed by atoms with van der Waals surface area (Å²) in [6.45, 7) is 15.4. The second-order valence-corrected chi connectivity index (χ2v) is 7.98. The fourth-order valence-corrected chi connectivity index (χ4v) is 2.07. The van der Waals surface area contributed by atoms with Crippen molar-refractivity contribution in [1.29, 1.82) is 0 Å². The minimum Gasteiger partial charge on any atom is -0.493 e. The summed E-state index contributed by atoms with van der Waals surface area (Å²) in [4.78, 5) is 0. The van der Waals surface area contributed by atoms with Gasteiger partial charge >= 0.3 is 7.12 Å². The van der Waals surface area contributed by atoms with E-state index in [0.29, 0.717) is 6.61 Å². The molecule has 0 spiro atoms. The summed E-state index contributed by atoms with van der Waals surface area (Å²) in [6, 6.07) is 7.96. The molecule has 1 aromatic carbocycles. The van der Waals surface area contributed by atoms with E-state index < -0.39 is 0 Å². The van der Waals surface area contributed by atoms with Gasteiger partial charge in [0.05, 0.1) is 17.8 Å². The van der Waals surface area contributed by atoms with E-state index in [2.05, 4.69) is 48.5 Å². The molecule has 0 radical (unpaired) electrons. The van der Waals surface area contributed by atoms with E-state index in [1.165, 1.54) is 0 Å². The van der Waals surface area contributed by atoms with E-state index in [4.69, 9.17) is 14.0 Å². The van der Waals surface area contributed by atoms with Crippen LogP contribution in [-0.4, -0.2) is 24.9 Å². The van der Waals surface area contributed by atoms with E-state index in [1.54, 1.807) is 0 Å². The number of rotatable bonds is 3. The molecule has 0 N–H and O–H groups in total. The third-order valence-corrected chi connectivity index (χ3v) is 4.09. The molecule has 2 rings (SSSR count). The smallest absolute Gasteiger partial charge is 0.493 e. The van der Waals surface area contributed by atoms with Crippen LogP contribution in [0.15, 0.2) is 24.3 Å². The molecule has 1 fully saturated rings. The van der Waals surface area contributed by atoms with Crippen LogP contribution in [0.4, 0.5) is 0 Å². The predicted octanol–water partition coefficient (Wildman–Crippen LogP) is 3.41. The largest absolute Gasteiger partial charge is 0.498 e. The van der Waals surface area contributed by atoms with Crippen molar-refractivity contribution < 1.29 is 14.0 Å². The Morgan fingerprint density at radius 1 is 1.00 bits per heavy atom. The van der Waals surface area contributed by atoms with Crippen LogP contribution in [0.5, 0.6) is 5.75 Å². The molecular weight excluding hydrogens is 263 g/mol. The third kappa shape index (κ3) is 3.61. The molecule has 21 heavy (non-hydrogen) atoms. The van der Waals surface area contributed by atoms with Crippen molar-refractivity contribution in [3.8, 4) is 5.75 Å². The van der Waals surface area contributed by atoms with Gasteiger partial charge in [0.15, 0.2) is 0 Å². The van der Waals surface area contributed by atoms with Gasteiger partial charge in [0.25, 0.3) is 0 Å². The molecule has 0 aromatic heterocycles. The predicted molar refractivity (Wildman–Crippen MR) is 87.1 cm³/mol. The summed E-state index contributed by atoms with van der Waals surface area (Å²) in [5.74, 6) is 0.839. The van der Waals surface area contributed by atoms with Crippen molar-refractivity contribution in [2.24, 2.45) is 5.41 Å². The topological polar surface area (TPSA) is 27.7 Å². The number of benzene rings is 1. The lowest BCUT2D eigenvalue weighted by Crippen LogP contribution is -2.41. The van der Waals surface area contributed by atoms with E-state index in [9.17, 15) is 0 Å². The number of para-hydroxylation sites is 1. The monoisotopic (exact) mass is 290 g/mol. The van der Waals surface area contributed by atoms with Crippen molar-refractivity contribution in [3.63, 3.8) is 0 Å². The van der Waals surface area contributed by atoms with Gasteiger partial charge in [-0.1, -0.05) is 39.0 Å². The summed E-state index contributed by atoms with van der Waals surface area (Å²) in [5, 5.41) is 0. The van der Waals surface area contributed by atoms with Crippen LogP contribution in [0.1, 0.15) is 48.5 Å². The molecule has 3 nitrogen and oxygen atoms in total. The Kier molecular flexibility index (Phi) is 4.16.